The van der Waals surface area contributed by atoms with Gasteiger partial charge in [-0.15, -0.1) is 0 Å². The van der Waals surface area contributed by atoms with Crippen molar-refractivity contribution in [3.8, 4) is 11.5 Å². The lowest BCUT2D eigenvalue weighted by molar-refractivity contribution is -0.121. The number of hydrogen-bond acceptors (Lipinski definition) is 4. The van der Waals surface area contributed by atoms with E-state index in [4.69, 9.17) is 21.1 Å². The Morgan fingerprint density at radius 3 is 2.67 bits per heavy atom. The van der Waals surface area contributed by atoms with Gasteiger partial charge in [0.1, 0.15) is 0 Å². The average molecular weight is 387 g/mol. The van der Waals surface area contributed by atoms with Crippen LogP contribution >= 0.6 is 11.6 Å². The van der Waals surface area contributed by atoms with Gasteiger partial charge in [0.05, 0.1) is 11.4 Å². The van der Waals surface area contributed by atoms with Crippen molar-refractivity contribution in [2.24, 2.45) is 0 Å². The number of carbonyl (C=O) groups is 2. The molecule has 0 fully saturated rings. The van der Waals surface area contributed by atoms with Gasteiger partial charge in [-0.3, -0.25) is 9.59 Å². The van der Waals surface area contributed by atoms with Gasteiger partial charge in [0.15, 0.2) is 11.5 Å². The first-order chi connectivity index (χ1) is 13.1. The Hall–Kier alpha value is -2.99. The Bertz CT molecular complexity index is 853. The molecule has 7 heteroatoms. The molecule has 2 aromatic rings. The summed E-state index contributed by atoms with van der Waals surface area (Å²) in [7, 11) is 0. The number of rotatable bonds is 7. The fraction of sp³-hybridized carbons (Fsp3) is 0.200. The van der Waals surface area contributed by atoms with Gasteiger partial charge in [0.25, 0.3) is 0 Å². The highest BCUT2D eigenvalue weighted by atomic mass is 35.5. The van der Waals surface area contributed by atoms with Crippen LogP contribution in [0.4, 0.5) is 0 Å². The van der Waals surface area contributed by atoms with Crippen LogP contribution in [0.5, 0.6) is 11.5 Å². The number of fused-ring (bicyclic) bond motifs is 1. The number of benzene rings is 2. The van der Waals surface area contributed by atoms with E-state index < -0.39 is 0 Å². The summed E-state index contributed by atoms with van der Waals surface area (Å²) in [6.45, 7) is 0.839. The zero-order valence-corrected chi connectivity index (χ0v) is 15.3. The van der Waals surface area contributed by atoms with Crippen LogP contribution in [0.1, 0.15) is 11.1 Å². The second-order valence-electron chi connectivity index (χ2n) is 5.87. The van der Waals surface area contributed by atoms with E-state index in [1.807, 2.05) is 30.3 Å². The summed E-state index contributed by atoms with van der Waals surface area (Å²) in [5, 5.41) is 5.92. The summed E-state index contributed by atoms with van der Waals surface area (Å²) in [4.78, 5) is 23.7. The normalized spacial score (nSPS) is 12.2. The van der Waals surface area contributed by atoms with E-state index >= 15 is 0 Å². The van der Waals surface area contributed by atoms with Gasteiger partial charge in [0.2, 0.25) is 18.6 Å². The minimum Gasteiger partial charge on any atom is -0.454 e. The molecule has 1 aliphatic rings. The number of ether oxygens (including phenoxy) is 2. The third-order valence-electron chi connectivity index (χ3n) is 3.83. The van der Waals surface area contributed by atoms with Crippen LogP contribution in [0.25, 0.3) is 6.08 Å². The number of amides is 2. The second kappa shape index (κ2) is 9.09. The van der Waals surface area contributed by atoms with Gasteiger partial charge in [-0.1, -0.05) is 41.9 Å². The van der Waals surface area contributed by atoms with Crippen LogP contribution in [0.3, 0.4) is 0 Å². The standard InChI is InChI=1S/C20H19ClN2O4/c21-16-10-15(11-17-20(16)27-13-26-17)6-7-18(24)22-8-9-23-19(25)12-14-4-2-1-3-5-14/h1-7,10-11H,8-9,12-13H2,(H,22,24)(H,23,25)/b7-6+. The van der Waals surface area contributed by atoms with Crippen molar-refractivity contribution in [2.75, 3.05) is 19.9 Å². The molecule has 2 N–H and O–H groups in total. The van der Waals surface area contributed by atoms with E-state index in [9.17, 15) is 9.59 Å². The average Bonchev–Trinajstić information content (AvgIpc) is 3.14. The lowest BCUT2D eigenvalue weighted by Gasteiger charge is -2.06. The molecule has 0 atom stereocenters. The van der Waals surface area contributed by atoms with Crippen molar-refractivity contribution in [1.82, 2.24) is 10.6 Å². The van der Waals surface area contributed by atoms with E-state index in [0.29, 0.717) is 36.0 Å². The van der Waals surface area contributed by atoms with Gasteiger partial charge in [0, 0.05) is 19.2 Å². The van der Waals surface area contributed by atoms with Crippen LogP contribution in [-0.2, 0) is 16.0 Å². The van der Waals surface area contributed by atoms with Crippen molar-refractivity contribution in [2.45, 2.75) is 6.42 Å². The Labute approximate surface area is 162 Å². The van der Waals surface area contributed by atoms with E-state index in [1.165, 1.54) is 6.08 Å². The SMILES string of the molecule is O=C(/C=C/c1cc(Cl)c2c(c1)OCO2)NCCNC(=O)Cc1ccccc1. The first-order valence-corrected chi connectivity index (χ1v) is 8.85. The monoisotopic (exact) mass is 386 g/mol. The molecule has 2 amide bonds. The van der Waals surface area contributed by atoms with Crippen molar-refractivity contribution in [1.29, 1.82) is 0 Å². The Morgan fingerprint density at radius 2 is 1.85 bits per heavy atom. The predicted molar refractivity (Wildman–Crippen MR) is 103 cm³/mol. The highest BCUT2D eigenvalue weighted by Crippen LogP contribution is 2.39. The summed E-state index contributed by atoms with van der Waals surface area (Å²) in [5.74, 6) is 0.732. The molecule has 0 saturated heterocycles. The van der Waals surface area contributed by atoms with E-state index in [0.717, 1.165) is 11.1 Å². The van der Waals surface area contributed by atoms with Crippen LogP contribution in [-0.4, -0.2) is 31.7 Å². The molecule has 27 heavy (non-hydrogen) atoms. The zero-order valence-electron chi connectivity index (χ0n) is 14.5. The van der Waals surface area contributed by atoms with Crippen LogP contribution in [0.15, 0.2) is 48.5 Å². The predicted octanol–water partition coefficient (Wildman–Crippen LogP) is 2.56. The van der Waals surface area contributed by atoms with Crippen molar-refractivity contribution < 1.29 is 19.1 Å². The van der Waals surface area contributed by atoms with Gasteiger partial charge in [-0.05, 0) is 29.3 Å². The maximum atomic E-state index is 11.9. The molecule has 0 bridgehead atoms. The van der Waals surface area contributed by atoms with E-state index in [1.54, 1.807) is 18.2 Å². The van der Waals surface area contributed by atoms with Crippen molar-refractivity contribution >= 4 is 29.5 Å². The van der Waals surface area contributed by atoms with Gasteiger partial charge in [-0.25, -0.2) is 0 Å². The number of halogens is 1. The third-order valence-corrected chi connectivity index (χ3v) is 4.11. The number of nitrogens with one attached hydrogen (secondary N) is 2. The zero-order chi connectivity index (χ0) is 19.1. The lowest BCUT2D eigenvalue weighted by Crippen LogP contribution is -2.34. The quantitative estimate of drug-likeness (QED) is 0.566. The molecule has 3 rings (SSSR count). The largest absolute Gasteiger partial charge is 0.454 e. The molecule has 1 heterocycles. The van der Waals surface area contributed by atoms with Crippen molar-refractivity contribution in [3.63, 3.8) is 0 Å². The Morgan fingerprint density at radius 1 is 1.07 bits per heavy atom. The lowest BCUT2D eigenvalue weighted by atomic mass is 10.1. The third kappa shape index (κ3) is 5.49. The number of hydrogen-bond donors (Lipinski definition) is 2. The molecule has 0 saturated carbocycles. The molecule has 2 aromatic carbocycles. The van der Waals surface area contributed by atoms with E-state index in [-0.39, 0.29) is 18.6 Å². The Kier molecular flexibility index (Phi) is 6.33. The minimum absolute atomic E-state index is 0.0824. The minimum atomic E-state index is -0.263. The highest BCUT2D eigenvalue weighted by molar-refractivity contribution is 6.32. The van der Waals surface area contributed by atoms with E-state index in [2.05, 4.69) is 10.6 Å². The molecule has 6 nitrogen and oxygen atoms in total. The first-order valence-electron chi connectivity index (χ1n) is 8.47. The summed E-state index contributed by atoms with van der Waals surface area (Å²) in [5.41, 5.74) is 1.68. The molecule has 0 aliphatic carbocycles. The molecule has 0 aromatic heterocycles. The van der Waals surface area contributed by atoms with Crippen LogP contribution in [0, 0.1) is 0 Å². The molecular formula is C20H19ClN2O4. The molecular weight excluding hydrogens is 368 g/mol. The fourth-order valence-corrected chi connectivity index (χ4v) is 2.82. The van der Waals surface area contributed by atoms with Gasteiger partial charge < -0.3 is 20.1 Å². The summed E-state index contributed by atoms with van der Waals surface area (Å²) in [6, 6.07) is 12.9. The molecule has 140 valence electrons. The Balaban J connectivity index is 1.39. The number of carbonyl (C=O) groups excluding carboxylic acids is 2. The maximum Gasteiger partial charge on any atom is 0.244 e. The van der Waals surface area contributed by atoms with Crippen LogP contribution in [0.2, 0.25) is 5.02 Å². The second-order valence-corrected chi connectivity index (χ2v) is 6.28. The maximum absolute atomic E-state index is 11.9. The first kappa shape index (κ1) is 18.8. The topological polar surface area (TPSA) is 76.7 Å². The summed E-state index contributed by atoms with van der Waals surface area (Å²) >= 11 is 6.10. The molecule has 0 radical (unpaired) electrons. The molecule has 1 aliphatic heterocycles. The fourth-order valence-electron chi connectivity index (χ4n) is 2.55. The van der Waals surface area contributed by atoms with Crippen molar-refractivity contribution in [3.05, 3.63) is 64.7 Å². The smallest absolute Gasteiger partial charge is 0.244 e. The van der Waals surface area contributed by atoms with Crippen LogP contribution < -0.4 is 20.1 Å². The highest BCUT2D eigenvalue weighted by Gasteiger charge is 2.17. The molecule has 0 unspecified atom stereocenters. The summed E-state index contributed by atoms with van der Waals surface area (Å²) < 4.78 is 10.5. The van der Waals surface area contributed by atoms with Gasteiger partial charge in [-0.2, -0.15) is 0 Å². The van der Waals surface area contributed by atoms with Gasteiger partial charge >= 0.3 is 0 Å². The summed E-state index contributed by atoms with van der Waals surface area (Å²) in [6.07, 6.45) is 3.36. The molecule has 0 spiro atoms.